The van der Waals surface area contributed by atoms with Crippen molar-refractivity contribution in [2.24, 2.45) is 0 Å². The first-order chi connectivity index (χ1) is 9.58. The van der Waals surface area contributed by atoms with Gasteiger partial charge in [0.2, 0.25) is 5.91 Å². The molecule has 0 bridgehead atoms. The molecule has 0 fully saturated rings. The molecule has 1 heterocycles. The number of nitrogens with zero attached hydrogens (tertiary/aromatic N) is 1. The largest absolute Gasteiger partial charge is 0.302 e. The lowest BCUT2D eigenvalue weighted by molar-refractivity contribution is -0.115. The summed E-state index contributed by atoms with van der Waals surface area (Å²) in [7, 11) is 0. The van der Waals surface area contributed by atoms with E-state index in [1.165, 1.54) is 16.2 Å². The molecule has 0 saturated heterocycles. The average molecular weight is 306 g/mol. The minimum absolute atomic E-state index is 0.0188. The Morgan fingerprint density at radius 1 is 1.30 bits per heavy atom. The zero-order valence-electron chi connectivity index (χ0n) is 11.9. The van der Waals surface area contributed by atoms with Gasteiger partial charge in [-0.15, -0.1) is 23.1 Å². The van der Waals surface area contributed by atoms with Crippen LogP contribution in [0, 0.1) is 13.8 Å². The van der Waals surface area contributed by atoms with Crippen molar-refractivity contribution >= 4 is 34.1 Å². The molecule has 1 aromatic carbocycles. The number of thiazole rings is 1. The number of aryl methyl sites for hydroxylation is 2. The number of rotatable bonds is 5. The van der Waals surface area contributed by atoms with Crippen molar-refractivity contribution in [3.8, 4) is 0 Å². The molecule has 0 saturated carbocycles. The Hall–Kier alpha value is -1.33. The Balaban J connectivity index is 1.93. The van der Waals surface area contributed by atoms with E-state index in [1.54, 1.807) is 11.8 Å². The molecule has 0 aliphatic carbocycles. The van der Waals surface area contributed by atoms with Gasteiger partial charge in [-0.25, -0.2) is 4.98 Å². The van der Waals surface area contributed by atoms with Crippen molar-refractivity contribution in [2.75, 3.05) is 11.1 Å². The molecule has 0 aliphatic heterocycles. The molecule has 1 N–H and O–H groups in total. The zero-order valence-corrected chi connectivity index (χ0v) is 13.5. The van der Waals surface area contributed by atoms with Crippen LogP contribution in [0.15, 0.2) is 29.2 Å². The molecule has 1 aromatic heterocycles. The summed E-state index contributed by atoms with van der Waals surface area (Å²) in [5, 5.41) is 3.54. The SMILES string of the molecule is CCSc1ccc(CC(=O)Nc2nc(C)c(C)s2)cc1. The van der Waals surface area contributed by atoms with E-state index in [2.05, 4.69) is 29.4 Å². The molecule has 5 heteroatoms. The summed E-state index contributed by atoms with van der Waals surface area (Å²) in [5.74, 6) is 1.04. The van der Waals surface area contributed by atoms with Crippen LogP contribution < -0.4 is 5.32 Å². The van der Waals surface area contributed by atoms with Gasteiger partial charge in [0.05, 0.1) is 12.1 Å². The molecular weight excluding hydrogens is 288 g/mol. The molecule has 2 aromatic rings. The van der Waals surface area contributed by atoms with E-state index < -0.39 is 0 Å². The van der Waals surface area contributed by atoms with Gasteiger partial charge in [-0.3, -0.25) is 4.79 Å². The topological polar surface area (TPSA) is 42.0 Å². The van der Waals surface area contributed by atoms with Gasteiger partial charge in [-0.05, 0) is 37.3 Å². The maximum atomic E-state index is 12.0. The summed E-state index contributed by atoms with van der Waals surface area (Å²) in [6.45, 7) is 6.09. The second-order valence-corrected chi connectivity index (χ2v) is 7.00. The third kappa shape index (κ3) is 4.08. The van der Waals surface area contributed by atoms with E-state index in [1.807, 2.05) is 26.0 Å². The van der Waals surface area contributed by atoms with E-state index in [-0.39, 0.29) is 5.91 Å². The molecular formula is C15H18N2OS2. The van der Waals surface area contributed by atoms with Crippen molar-refractivity contribution < 1.29 is 4.79 Å². The van der Waals surface area contributed by atoms with Gasteiger partial charge >= 0.3 is 0 Å². The maximum absolute atomic E-state index is 12.0. The molecule has 0 radical (unpaired) electrons. The van der Waals surface area contributed by atoms with Crippen molar-refractivity contribution in [3.05, 3.63) is 40.4 Å². The highest BCUT2D eigenvalue weighted by atomic mass is 32.2. The van der Waals surface area contributed by atoms with Crippen LogP contribution in [0.3, 0.4) is 0 Å². The van der Waals surface area contributed by atoms with E-state index in [0.29, 0.717) is 11.6 Å². The van der Waals surface area contributed by atoms with Gasteiger partial charge in [0.15, 0.2) is 5.13 Å². The number of aromatic nitrogens is 1. The van der Waals surface area contributed by atoms with Crippen LogP contribution >= 0.6 is 23.1 Å². The van der Waals surface area contributed by atoms with Crippen molar-refractivity contribution in [2.45, 2.75) is 32.1 Å². The Kier molecular flexibility index (Phi) is 5.20. The molecule has 106 valence electrons. The fourth-order valence-corrected chi connectivity index (χ4v) is 3.24. The summed E-state index contributed by atoms with van der Waals surface area (Å²) in [6.07, 6.45) is 0.384. The quantitative estimate of drug-likeness (QED) is 0.847. The number of benzene rings is 1. The van der Waals surface area contributed by atoms with Crippen molar-refractivity contribution in [1.29, 1.82) is 0 Å². The first kappa shape index (κ1) is 15.1. The summed E-state index contributed by atoms with van der Waals surface area (Å²) in [6, 6.07) is 8.15. The fourth-order valence-electron chi connectivity index (χ4n) is 1.75. The summed E-state index contributed by atoms with van der Waals surface area (Å²) in [4.78, 5) is 18.7. The Morgan fingerprint density at radius 3 is 2.55 bits per heavy atom. The molecule has 0 atom stereocenters. The molecule has 0 aliphatic rings. The standard InChI is InChI=1S/C15H18N2OS2/c1-4-19-13-7-5-12(6-8-13)9-14(18)17-15-16-10(2)11(3)20-15/h5-8H,4,9H2,1-3H3,(H,16,17,18). The van der Waals surface area contributed by atoms with Crippen molar-refractivity contribution in [3.63, 3.8) is 0 Å². The molecule has 3 nitrogen and oxygen atoms in total. The summed E-state index contributed by atoms with van der Waals surface area (Å²) < 4.78 is 0. The Morgan fingerprint density at radius 2 is 2.00 bits per heavy atom. The number of carbonyl (C=O) groups excluding carboxylic acids is 1. The lowest BCUT2D eigenvalue weighted by Crippen LogP contribution is -2.14. The second-order valence-electron chi connectivity index (χ2n) is 4.46. The zero-order chi connectivity index (χ0) is 14.5. The van der Waals surface area contributed by atoms with Crippen LogP contribution in [-0.2, 0) is 11.2 Å². The van der Waals surface area contributed by atoms with E-state index >= 15 is 0 Å². The number of hydrogen-bond acceptors (Lipinski definition) is 4. The predicted octanol–water partition coefficient (Wildman–Crippen LogP) is 4.05. The van der Waals surface area contributed by atoms with Crippen molar-refractivity contribution in [1.82, 2.24) is 4.98 Å². The molecule has 0 unspecified atom stereocenters. The summed E-state index contributed by atoms with van der Waals surface area (Å²) in [5.41, 5.74) is 2.00. The van der Waals surface area contributed by atoms with Crippen LogP contribution in [0.1, 0.15) is 23.1 Å². The van der Waals surface area contributed by atoms with Gasteiger partial charge in [-0.2, -0.15) is 0 Å². The fraction of sp³-hybridized carbons (Fsp3) is 0.333. The van der Waals surface area contributed by atoms with Gasteiger partial charge in [-0.1, -0.05) is 19.1 Å². The Labute approximate surface area is 127 Å². The van der Waals surface area contributed by atoms with Crippen LogP contribution in [0.25, 0.3) is 0 Å². The molecule has 1 amide bonds. The smallest absolute Gasteiger partial charge is 0.230 e. The third-order valence-electron chi connectivity index (χ3n) is 2.87. The normalized spacial score (nSPS) is 10.6. The average Bonchev–Trinajstić information content (AvgIpc) is 2.71. The minimum atomic E-state index is -0.0188. The minimum Gasteiger partial charge on any atom is -0.302 e. The van der Waals surface area contributed by atoms with Gasteiger partial charge in [0, 0.05) is 9.77 Å². The van der Waals surface area contributed by atoms with E-state index in [4.69, 9.17) is 0 Å². The number of anilines is 1. The number of thioether (sulfide) groups is 1. The monoisotopic (exact) mass is 306 g/mol. The second kappa shape index (κ2) is 6.90. The first-order valence-electron chi connectivity index (χ1n) is 6.54. The number of hydrogen-bond donors (Lipinski definition) is 1. The van der Waals surface area contributed by atoms with Crippen LogP contribution in [0.2, 0.25) is 0 Å². The lowest BCUT2D eigenvalue weighted by atomic mass is 10.1. The number of amides is 1. The van der Waals surface area contributed by atoms with E-state index in [9.17, 15) is 4.79 Å². The van der Waals surface area contributed by atoms with Crippen LogP contribution in [0.4, 0.5) is 5.13 Å². The summed E-state index contributed by atoms with van der Waals surface area (Å²) >= 11 is 3.32. The molecule has 2 rings (SSSR count). The van der Waals surface area contributed by atoms with Crippen LogP contribution in [-0.4, -0.2) is 16.6 Å². The molecule has 0 spiro atoms. The molecule has 20 heavy (non-hydrogen) atoms. The van der Waals surface area contributed by atoms with Gasteiger partial charge in [0.25, 0.3) is 0 Å². The highest BCUT2D eigenvalue weighted by Gasteiger charge is 2.08. The van der Waals surface area contributed by atoms with Crippen LogP contribution in [0.5, 0.6) is 0 Å². The predicted molar refractivity (Wildman–Crippen MR) is 86.8 cm³/mol. The van der Waals surface area contributed by atoms with Gasteiger partial charge < -0.3 is 5.32 Å². The number of carbonyl (C=O) groups is 1. The highest BCUT2D eigenvalue weighted by molar-refractivity contribution is 7.99. The third-order valence-corrected chi connectivity index (χ3v) is 4.76. The first-order valence-corrected chi connectivity index (χ1v) is 8.34. The highest BCUT2D eigenvalue weighted by Crippen LogP contribution is 2.21. The maximum Gasteiger partial charge on any atom is 0.230 e. The van der Waals surface area contributed by atoms with Gasteiger partial charge in [0.1, 0.15) is 0 Å². The number of nitrogens with one attached hydrogen (secondary N) is 1. The van der Waals surface area contributed by atoms with E-state index in [0.717, 1.165) is 21.9 Å². The Bertz CT molecular complexity index is 571. The lowest BCUT2D eigenvalue weighted by Gasteiger charge is -2.03.